The van der Waals surface area contributed by atoms with Gasteiger partial charge in [-0.1, -0.05) is 6.92 Å². The molecular formula is C12H19N5O2. The van der Waals surface area contributed by atoms with Crippen LogP contribution in [-0.2, 0) is 19.6 Å². The molecule has 2 N–H and O–H groups in total. The van der Waals surface area contributed by atoms with Gasteiger partial charge in [-0.15, -0.1) is 0 Å². The SMILES string of the molecule is CCCn1c(=O)[nH]c(=O)c2c1nc(CNC)n2CC. The van der Waals surface area contributed by atoms with Gasteiger partial charge in [-0.3, -0.25) is 14.3 Å². The van der Waals surface area contributed by atoms with Gasteiger partial charge in [0, 0.05) is 13.1 Å². The molecular weight excluding hydrogens is 246 g/mol. The smallest absolute Gasteiger partial charge is 0.321 e. The molecule has 2 aromatic heterocycles. The van der Waals surface area contributed by atoms with Gasteiger partial charge in [-0.2, -0.15) is 0 Å². The van der Waals surface area contributed by atoms with Crippen LogP contribution in [0.25, 0.3) is 11.2 Å². The van der Waals surface area contributed by atoms with Crippen molar-refractivity contribution >= 4 is 11.2 Å². The molecule has 0 atom stereocenters. The lowest BCUT2D eigenvalue weighted by Crippen LogP contribution is -2.31. The van der Waals surface area contributed by atoms with Crippen molar-refractivity contribution < 1.29 is 0 Å². The van der Waals surface area contributed by atoms with Gasteiger partial charge in [0.2, 0.25) is 0 Å². The van der Waals surface area contributed by atoms with Gasteiger partial charge in [0.15, 0.2) is 11.2 Å². The van der Waals surface area contributed by atoms with Gasteiger partial charge in [0.05, 0.1) is 6.54 Å². The van der Waals surface area contributed by atoms with Crippen molar-refractivity contribution in [1.82, 2.24) is 24.4 Å². The number of aromatic amines is 1. The topological polar surface area (TPSA) is 84.7 Å². The Morgan fingerprint density at radius 3 is 2.58 bits per heavy atom. The first-order chi connectivity index (χ1) is 9.13. The van der Waals surface area contributed by atoms with Crippen molar-refractivity contribution in [3.63, 3.8) is 0 Å². The highest BCUT2D eigenvalue weighted by molar-refractivity contribution is 5.70. The van der Waals surface area contributed by atoms with E-state index in [0.717, 1.165) is 12.2 Å². The molecule has 0 saturated heterocycles. The van der Waals surface area contributed by atoms with Crippen LogP contribution < -0.4 is 16.6 Å². The number of aryl methyl sites for hydroxylation is 2. The Morgan fingerprint density at radius 2 is 2.00 bits per heavy atom. The van der Waals surface area contributed by atoms with Gasteiger partial charge in [0.1, 0.15) is 5.82 Å². The lowest BCUT2D eigenvalue weighted by Gasteiger charge is -2.05. The average molecular weight is 265 g/mol. The lowest BCUT2D eigenvalue weighted by atomic mass is 10.4. The van der Waals surface area contributed by atoms with E-state index in [1.54, 1.807) is 0 Å². The van der Waals surface area contributed by atoms with Crippen molar-refractivity contribution in [3.8, 4) is 0 Å². The van der Waals surface area contributed by atoms with Crippen molar-refractivity contribution in [2.45, 2.75) is 39.9 Å². The predicted molar refractivity (Wildman–Crippen MR) is 73.3 cm³/mol. The van der Waals surface area contributed by atoms with Crippen molar-refractivity contribution in [2.24, 2.45) is 0 Å². The molecule has 0 bridgehead atoms. The minimum Gasteiger partial charge on any atom is -0.321 e. The summed E-state index contributed by atoms with van der Waals surface area (Å²) < 4.78 is 3.37. The molecule has 2 heterocycles. The third-order valence-corrected chi connectivity index (χ3v) is 3.06. The highest BCUT2D eigenvalue weighted by Gasteiger charge is 2.16. The Morgan fingerprint density at radius 1 is 1.26 bits per heavy atom. The largest absolute Gasteiger partial charge is 0.330 e. The van der Waals surface area contributed by atoms with Crippen LogP contribution in [0.1, 0.15) is 26.1 Å². The quantitative estimate of drug-likeness (QED) is 0.799. The van der Waals surface area contributed by atoms with Crippen LogP contribution in [0.4, 0.5) is 0 Å². The molecule has 7 nitrogen and oxygen atoms in total. The van der Waals surface area contributed by atoms with Crippen LogP contribution in [0, 0.1) is 0 Å². The second kappa shape index (κ2) is 5.40. The zero-order chi connectivity index (χ0) is 14.0. The molecule has 0 aliphatic carbocycles. The molecule has 0 radical (unpaired) electrons. The predicted octanol–water partition coefficient (Wildman–Crippen LogP) is 0.0356. The molecule has 2 rings (SSSR count). The summed E-state index contributed by atoms with van der Waals surface area (Å²) in [7, 11) is 1.82. The summed E-state index contributed by atoms with van der Waals surface area (Å²) in [5.41, 5.74) is 0.184. The summed E-state index contributed by atoms with van der Waals surface area (Å²) >= 11 is 0. The van der Waals surface area contributed by atoms with Gasteiger partial charge < -0.3 is 9.88 Å². The van der Waals surface area contributed by atoms with E-state index in [2.05, 4.69) is 15.3 Å². The second-order valence-electron chi connectivity index (χ2n) is 4.39. The van der Waals surface area contributed by atoms with Gasteiger partial charge in [0.25, 0.3) is 5.56 Å². The van der Waals surface area contributed by atoms with Crippen LogP contribution in [0.5, 0.6) is 0 Å². The van der Waals surface area contributed by atoms with Crippen LogP contribution >= 0.6 is 0 Å². The van der Waals surface area contributed by atoms with E-state index >= 15 is 0 Å². The first-order valence-electron chi connectivity index (χ1n) is 6.50. The number of nitrogens with zero attached hydrogens (tertiary/aromatic N) is 3. The molecule has 0 aromatic carbocycles. The van der Waals surface area contributed by atoms with Crippen molar-refractivity contribution in [3.05, 3.63) is 26.7 Å². The molecule has 104 valence electrons. The minimum absolute atomic E-state index is 0.371. The molecule has 0 saturated carbocycles. The molecule has 0 fully saturated rings. The number of hydrogen-bond donors (Lipinski definition) is 2. The monoisotopic (exact) mass is 265 g/mol. The molecule has 19 heavy (non-hydrogen) atoms. The molecule has 2 aromatic rings. The maximum Gasteiger partial charge on any atom is 0.330 e. The molecule has 0 aliphatic heterocycles. The highest BCUT2D eigenvalue weighted by atomic mass is 16.2. The minimum atomic E-state index is -0.392. The fourth-order valence-corrected chi connectivity index (χ4v) is 2.28. The Labute approximate surface area is 110 Å². The Balaban J connectivity index is 2.84. The Kier molecular flexibility index (Phi) is 3.84. The number of rotatable bonds is 5. The summed E-state index contributed by atoms with van der Waals surface area (Å²) in [6.07, 6.45) is 0.807. The van der Waals surface area contributed by atoms with Gasteiger partial charge in [-0.05, 0) is 20.4 Å². The standard InChI is InChI=1S/C12H19N5O2/c1-4-6-17-10-9(11(18)15-12(17)19)16(5-2)8(14-10)7-13-3/h13H,4-7H2,1-3H3,(H,15,18,19). The number of aromatic nitrogens is 4. The van der Waals surface area contributed by atoms with E-state index in [1.807, 2.05) is 25.5 Å². The first-order valence-corrected chi connectivity index (χ1v) is 6.50. The van der Waals surface area contributed by atoms with Gasteiger partial charge in [-0.25, -0.2) is 9.78 Å². The number of hydrogen-bond acceptors (Lipinski definition) is 4. The van der Waals surface area contributed by atoms with Crippen LogP contribution in [0.3, 0.4) is 0 Å². The van der Waals surface area contributed by atoms with Crippen molar-refractivity contribution in [1.29, 1.82) is 0 Å². The van der Waals surface area contributed by atoms with E-state index in [1.165, 1.54) is 4.57 Å². The number of fused-ring (bicyclic) bond motifs is 1. The zero-order valence-corrected chi connectivity index (χ0v) is 11.5. The normalized spacial score (nSPS) is 11.3. The van der Waals surface area contributed by atoms with E-state index in [0.29, 0.717) is 30.8 Å². The number of imidazole rings is 1. The van der Waals surface area contributed by atoms with Crippen LogP contribution in [-0.4, -0.2) is 26.1 Å². The average Bonchev–Trinajstić information content (AvgIpc) is 2.73. The summed E-state index contributed by atoms with van der Waals surface area (Å²) in [5.74, 6) is 0.765. The third-order valence-electron chi connectivity index (χ3n) is 3.06. The molecule has 0 amide bonds. The maximum absolute atomic E-state index is 12.0. The lowest BCUT2D eigenvalue weighted by molar-refractivity contribution is 0.651. The molecule has 0 spiro atoms. The Hall–Kier alpha value is -1.89. The van der Waals surface area contributed by atoms with E-state index < -0.39 is 5.69 Å². The van der Waals surface area contributed by atoms with E-state index in [4.69, 9.17) is 0 Å². The molecule has 7 heteroatoms. The third kappa shape index (κ3) is 2.21. The molecule has 0 aliphatic rings. The zero-order valence-electron chi connectivity index (χ0n) is 11.5. The van der Waals surface area contributed by atoms with Crippen molar-refractivity contribution in [2.75, 3.05) is 7.05 Å². The highest BCUT2D eigenvalue weighted by Crippen LogP contribution is 2.11. The first kappa shape index (κ1) is 13.5. The fourth-order valence-electron chi connectivity index (χ4n) is 2.28. The summed E-state index contributed by atoms with van der Waals surface area (Å²) in [6, 6.07) is 0. The number of nitrogens with one attached hydrogen (secondary N) is 2. The van der Waals surface area contributed by atoms with E-state index in [-0.39, 0.29) is 5.56 Å². The molecule has 0 unspecified atom stereocenters. The second-order valence-corrected chi connectivity index (χ2v) is 4.39. The summed E-state index contributed by atoms with van der Waals surface area (Å²) in [4.78, 5) is 30.7. The Bertz CT molecular complexity index is 694. The maximum atomic E-state index is 12.0. The summed E-state index contributed by atoms with van der Waals surface area (Å²) in [5, 5.41) is 3.02. The summed E-state index contributed by atoms with van der Waals surface area (Å²) in [6.45, 7) is 5.68. The van der Waals surface area contributed by atoms with E-state index in [9.17, 15) is 9.59 Å². The van der Waals surface area contributed by atoms with Gasteiger partial charge >= 0.3 is 5.69 Å². The number of H-pyrrole nitrogens is 1. The van der Waals surface area contributed by atoms with Crippen LogP contribution in [0.2, 0.25) is 0 Å². The van der Waals surface area contributed by atoms with Crippen LogP contribution in [0.15, 0.2) is 9.59 Å². The fraction of sp³-hybridized carbons (Fsp3) is 0.583.